The second-order valence-corrected chi connectivity index (χ2v) is 5.83. The summed E-state index contributed by atoms with van der Waals surface area (Å²) < 4.78 is 6.63. The van der Waals surface area contributed by atoms with Gasteiger partial charge >= 0.3 is 0 Å². The molecule has 0 saturated heterocycles. The number of nitrogens with two attached hydrogens (primary N) is 1. The van der Waals surface area contributed by atoms with E-state index in [1.165, 1.54) is 5.56 Å². The number of ketones is 1. The Hall–Kier alpha value is -0.870. The largest absolute Gasteiger partial charge is 0.493 e. The minimum absolute atomic E-state index is 0.226. The second kappa shape index (κ2) is 5.85. The quantitative estimate of drug-likeness (QED) is 0.909. The van der Waals surface area contributed by atoms with Crippen LogP contribution >= 0.6 is 15.9 Å². The summed E-state index contributed by atoms with van der Waals surface area (Å²) in [5.41, 5.74) is 7.73. The summed E-state index contributed by atoms with van der Waals surface area (Å²) in [5.74, 6) is 1.38. The van der Waals surface area contributed by atoms with E-state index >= 15 is 0 Å². The van der Waals surface area contributed by atoms with Gasteiger partial charge in [-0.2, -0.15) is 0 Å². The molecule has 0 fully saturated rings. The topological polar surface area (TPSA) is 52.3 Å². The van der Waals surface area contributed by atoms with Crippen molar-refractivity contribution in [3.63, 3.8) is 0 Å². The minimum atomic E-state index is 0.226. The molecular formula is C14H18BrNO2. The molecule has 1 atom stereocenters. The van der Waals surface area contributed by atoms with Gasteiger partial charge in [-0.25, -0.2) is 0 Å². The Kier molecular flexibility index (Phi) is 4.40. The molecule has 98 valence electrons. The average Bonchev–Trinajstić information content (AvgIpc) is 2.76. The number of Topliss-reactive ketones (excluding diaryl/α,β-unsaturated/α-hetero) is 1. The molecule has 0 spiro atoms. The fourth-order valence-corrected chi connectivity index (χ4v) is 2.79. The highest BCUT2D eigenvalue weighted by Gasteiger charge is 2.19. The molecular weight excluding hydrogens is 294 g/mol. The van der Waals surface area contributed by atoms with Gasteiger partial charge in [-0.15, -0.1) is 0 Å². The van der Waals surface area contributed by atoms with E-state index in [1.807, 2.05) is 13.0 Å². The maximum absolute atomic E-state index is 12.0. The first-order chi connectivity index (χ1) is 8.60. The third kappa shape index (κ3) is 3.12. The van der Waals surface area contributed by atoms with Crippen molar-refractivity contribution in [3.05, 3.63) is 27.7 Å². The predicted molar refractivity (Wildman–Crippen MR) is 74.9 cm³/mol. The smallest absolute Gasteiger partial charge is 0.137 e. The molecule has 0 radical (unpaired) electrons. The van der Waals surface area contributed by atoms with Crippen molar-refractivity contribution in [1.82, 2.24) is 0 Å². The van der Waals surface area contributed by atoms with Crippen molar-refractivity contribution in [3.8, 4) is 5.75 Å². The molecule has 3 nitrogen and oxygen atoms in total. The number of hydrogen-bond donors (Lipinski definition) is 1. The first-order valence-electron chi connectivity index (χ1n) is 6.26. The van der Waals surface area contributed by atoms with Crippen molar-refractivity contribution in [1.29, 1.82) is 0 Å². The van der Waals surface area contributed by atoms with Crippen LogP contribution in [0.1, 0.15) is 24.5 Å². The van der Waals surface area contributed by atoms with Crippen LogP contribution in [0.5, 0.6) is 5.75 Å². The minimum Gasteiger partial charge on any atom is -0.493 e. The van der Waals surface area contributed by atoms with Crippen molar-refractivity contribution in [2.45, 2.75) is 26.2 Å². The lowest BCUT2D eigenvalue weighted by atomic mass is 9.98. The monoisotopic (exact) mass is 311 g/mol. The SMILES string of the molecule is CC(CN)CC(=O)Cc1cc(Br)cc2c1OCC2. The summed E-state index contributed by atoms with van der Waals surface area (Å²) >= 11 is 3.48. The summed E-state index contributed by atoms with van der Waals surface area (Å²) in [7, 11) is 0. The Morgan fingerprint density at radius 3 is 3.06 bits per heavy atom. The molecule has 1 aliphatic heterocycles. The molecule has 1 aromatic rings. The zero-order chi connectivity index (χ0) is 13.1. The number of carbonyl (C=O) groups is 1. The number of hydrogen-bond acceptors (Lipinski definition) is 3. The molecule has 1 unspecified atom stereocenters. The maximum Gasteiger partial charge on any atom is 0.137 e. The summed E-state index contributed by atoms with van der Waals surface area (Å²) in [6, 6.07) is 4.05. The van der Waals surface area contributed by atoms with Gasteiger partial charge in [0, 0.05) is 29.3 Å². The van der Waals surface area contributed by atoms with Crippen molar-refractivity contribution >= 4 is 21.7 Å². The van der Waals surface area contributed by atoms with Gasteiger partial charge in [0.1, 0.15) is 11.5 Å². The van der Waals surface area contributed by atoms with Crippen LogP contribution in [0.4, 0.5) is 0 Å². The second-order valence-electron chi connectivity index (χ2n) is 4.91. The fraction of sp³-hybridized carbons (Fsp3) is 0.500. The van der Waals surface area contributed by atoms with Crippen LogP contribution < -0.4 is 10.5 Å². The molecule has 2 rings (SSSR count). The Morgan fingerprint density at radius 2 is 2.33 bits per heavy atom. The molecule has 0 aliphatic carbocycles. The molecule has 0 aromatic heterocycles. The zero-order valence-electron chi connectivity index (χ0n) is 10.5. The first kappa shape index (κ1) is 13.6. The summed E-state index contributed by atoms with van der Waals surface area (Å²) in [4.78, 5) is 12.0. The lowest BCUT2D eigenvalue weighted by Gasteiger charge is -2.10. The normalized spacial score (nSPS) is 15.1. The molecule has 0 saturated carbocycles. The van der Waals surface area contributed by atoms with E-state index in [-0.39, 0.29) is 11.7 Å². The highest BCUT2D eigenvalue weighted by atomic mass is 79.9. The van der Waals surface area contributed by atoms with E-state index in [2.05, 4.69) is 22.0 Å². The number of halogens is 1. The molecule has 0 bridgehead atoms. The van der Waals surface area contributed by atoms with Crippen LogP contribution in [0.25, 0.3) is 0 Å². The summed E-state index contributed by atoms with van der Waals surface area (Å²) in [6.45, 7) is 3.27. The maximum atomic E-state index is 12.0. The molecule has 0 amide bonds. The Morgan fingerprint density at radius 1 is 1.56 bits per heavy atom. The highest BCUT2D eigenvalue weighted by Crippen LogP contribution is 2.33. The van der Waals surface area contributed by atoms with Gasteiger partial charge in [0.05, 0.1) is 6.61 Å². The molecule has 18 heavy (non-hydrogen) atoms. The van der Waals surface area contributed by atoms with Crippen molar-refractivity contribution in [2.24, 2.45) is 11.7 Å². The number of benzene rings is 1. The van der Waals surface area contributed by atoms with Gasteiger partial charge in [0.25, 0.3) is 0 Å². The third-order valence-electron chi connectivity index (χ3n) is 3.19. The van der Waals surface area contributed by atoms with Gasteiger partial charge in [0.15, 0.2) is 0 Å². The van der Waals surface area contributed by atoms with Gasteiger partial charge in [-0.05, 0) is 30.2 Å². The van der Waals surface area contributed by atoms with Gasteiger partial charge in [0.2, 0.25) is 0 Å². The van der Waals surface area contributed by atoms with Crippen LogP contribution in [-0.2, 0) is 17.6 Å². The van der Waals surface area contributed by atoms with E-state index in [0.29, 0.717) is 26.0 Å². The summed E-state index contributed by atoms with van der Waals surface area (Å²) in [6.07, 6.45) is 1.90. The number of ether oxygens (including phenoxy) is 1. The molecule has 2 N–H and O–H groups in total. The number of fused-ring (bicyclic) bond motifs is 1. The van der Waals surface area contributed by atoms with Crippen LogP contribution in [0.15, 0.2) is 16.6 Å². The predicted octanol–water partition coefficient (Wildman–Crippen LogP) is 2.48. The van der Waals surface area contributed by atoms with Gasteiger partial charge < -0.3 is 10.5 Å². The fourth-order valence-electron chi connectivity index (χ4n) is 2.23. The van der Waals surface area contributed by atoms with E-state index in [0.717, 1.165) is 22.2 Å². The van der Waals surface area contributed by atoms with Crippen LogP contribution in [0.3, 0.4) is 0 Å². The molecule has 1 heterocycles. The van der Waals surface area contributed by atoms with E-state index in [9.17, 15) is 4.79 Å². The highest BCUT2D eigenvalue weighted by molar-refractivity contribution is 9.10. The molecule has 1 aliphatic rings. The lowest BCUT2D eigenvalue weighted by molar-refractivity contribution is -0.119. The van der Waals surface area contributed by atoms with Crippen LogP contribution in [-0.4, -0.2) is 18.9 Å². The van der Waals surface area contributed by atoms with Crippen LogP contribution in [0.2, 0.25) is 0 Å². The molecule has 1 aromatic carbocycles. The van der Waals surface area contributed by atoms with E-state index in [1.54, 1.807) is 0 Å². The van der Waals surface area contributed by atoms with Gasteiger partial charge in [-0.1, -0.05) is 22.9 Å². The number of carbonyl (C=O) groups excluding carboxylic acids is 1. The third-order valence-corrected chi connectivity index (χ3v) is 3.65. The number of rotatable bonds is 5. The average molecular weight is 312 g/mol. The van der Waals surface area contributed by atoms with E-state index in [4.69, 9.17) is 10.5 Å². The lowest BCUT2D eigenvalue weighted by Crippen LogP contribution is -2.16. The Labute approximate surface area is 116 Å². The summed E-state index contributed by atoms with van der Waals surface area (Å²) in [5, 5.41) is 0. The molecule has 4 heteroatoms. The van der Waals surface area contributed by atoms with E-state index < -0.39 is 0 Å². The first-order valence-corrected chi connectivity index (χ1v) is 7.05. The van der Waals surface area contributed by atoms with Gasteiger partial charge in [-0.3, -0.25) is 4.79 Å². The van der Waals surface area contributed by atoms with Crippen molar-refractivity contribution < 1.29 is 9.53 Å². The standard InChI is InChI=1S/C14H18BrNO2/c1-9(8-16)4-13(17)7-11-6-12(15)5-10-2-3-18-14(10)11/h5-6,9H,2-4,7-8,16H2,1H3. The van der Waals surface area contributed by atoms with Crippen LogP contribution in [0, 0.1) is 5.92 Å². The van der Waals surface area contributed by atoms with Crippen molar-refractivity contribution in [2.75, 3.05) is 13.2 Å². The zero-order valence-corrected chi connectivity index (χ0v) is 12.1. The Balaban J connectivity index is 2.12. The Bertz CT molecular complexity index is 459.